The zero-order valence-electron chi connectivity index (χ0n) is 13.3. The summed E-state index contributed by atoms with van der Waals surface area (Å²) in [6.07, 6.45) is 4.68. The lowest BCUT2D eigenvalue weighted by molar-refractivity contribution is -0.119. The molecular weight excluding hydrogens is 266 g/mol. The molecule has 0 radical (unpaired) electrons. The second-order valence-corrected chi connectivity index (χ2v) is 6.63. The van der Waals surface area contributed by atoms with E-state index in [1.54, 1.807) is 6.92 Å². The van der Waals surface area contributed by atoms with Gasteiger partial charge in [0, 0.05) is 56.1 Å². The maximum atomic E-state index is 11.1. The molecule has 0 spiro atoms. The minimum atomic E-state index is 0.0198. The second kappa shape index (κ2) is 6.39. The summed E-state index contributed by atoms with van der Waals surface area (Å²) in [5.41, 5.74) is 1.16. The summed E-state index contributed by atoms with van der Waals surface area (Å²) < 4.78 is 0. The van der Waals surface area contributed by atoms with Gasteiger partial charge in [-0.05, 0) is 27.2 Å². The highest BCUT2D eigenvalue weighted by Gasteiger charge is 2.24. The molecule has 116 valence electrons. The molecule has 1 unspecified atom stereocenters. The molecule has 1 fully saturated rings. The van der Waals surface area contributed by atoms with E-state index in [0.717, 1.165) is 37.6 Å². The Morgan fingerprint density at radius 1 is 1.38 bits per heavy atom. The number of rotatable bonds is 4. The fraction of sp³-hybridized carbons (Fsp3) is 0.667. The molecule has 1 amide bonds. The van der Waals surface area contributed by atoms with Gasteiger partial charge in [-0.15, -0.1) is 0 Å². The smallest absolute Gasteiger partial charge is 0.225 e. The van der Waals surface area contributed by atoms with Gasteiger partial charge in [0.05, 0.1) is 0 Å². The highest BCUT2D eigenvalue weighted by Crippen LogP contribution is 2.16. The largest absolute Gasteiger partial charge is 0.352 e. The average molecular weight is 291 g/mol. The number of anilines is 1. The minimum absolute atomic E-state index is 0.0198. The van der Waals surface area contributed by atoms with E-state index in [9.17, 15) is 4.79 Å². The molecule has 1 aliphatic heterocycles. The number of nitrogens with one attached hydrogen (secondary N) is 2. The van der Waals surface area contributed by atoms with Gasteiger partial charge >= 0.3 is 0 Å². The van der Waals surface area contributed by atoms with Crippen LogP contribution in [-0.4, -0.2) is 40.5 Å². The third-order valence-electron chi connectivity index (χ3n) is 3.39. The molecule has 2 rings (SSSR count). The van der Waals surface area contributed by atoms with Gasteiger partial charge < -0.3 is 15.5 Å². The summed E-state index contributed by atoms with van der Waals surface area (Å²) in [7, 11) is 0. The Labute approximate surface area is 126 Å². The summed E-state index contributed by atoms with van der Waals surface area (Å²) in [5.74, 6) is 0.758. The van der Waals surface area contributed by atoms with Crippen LogP contribution in [0, 0.1) is 0 Å². The van der Waals surface area contributed by atoms with Crippen molar-refractivity contribution in [3.8, 4) is 0 Å². The van der Waals surface area contributed by atoms with Crippen LogP contribution >= 0.6 is 0 Å². The molecule has 0 bridgehead atoms. The van der Waals surface area contributed by atoms with Crippen LogP contribution in [0.1, 0.15) is 39.7 Å². The van der Waals surface area contributed by atoms with E-state index < -0.39 is 0 Å². The lowest BCUT2D eigenvalue weighted by Gasteiger charge is -2.21. The Kier molecular flexibility index (Phi) is 4.77. The van der Waals surface area contributed by atoms with Crippen LogP contribution in [0.5, 0.6) is 0 Å². The molecule has 6 nitrogen and oxygen atoms in total. The molecule has 1 saturated heterocycles. The fourth-order valence-electron chi connectivity index (χ4n) is 2.32. The van der Waals surface area contributed by atoms with Gasteiger partial charge in [-0.3, -0.25) is 4.79 Å². The van der Waals surface area contributed by atoms with Crippen LogP contribution in [0.3, 0.4) is 0 Å². The minimum Gasteiger partial charge on any atom is -0.352 e. The molecule has 0 aliphatic carbocycles. The number of nitrogens with zero attached hydrogens (tertiary/aromatic N) is 3. The maximum absolute atomic E-state index is 11.1. The van der Waals surface area contributed by atoms with E-state index in [1.807, 2.05) is 12.4 Å². The lowest BCUT2D eigenvalue weighted by atomic mass is 10.1. The third-order valence-corrected chi connectivity index (χ3v) is 3.39. The first-order valence-electron chi connectivity index (χ1n) is 7.41. The Balaban J connectivity index is 1.89. The van der Waals surface area contributed by atoms with Gasteiger partial charge in [-0.1, -0.05) is 0 Å². The van der Waals surface area contributed by atoms with Gasteiger partial charge in [0.2, 0.25) is 11.9 Å². The molecule has 1 aromatic rings. The standard InChI is InChI=1S/C15H25N5O/c1-11(21)19-13-5-6-20(10-13)14-16-7-12(8-17-14)9-18-15(2,3)4/h7-8,13,18H,5-6,9-10H2,1-4H3,(H,19,21). The van der Waals surface area contributed by atoms with Crippen molar-refractivity contribution in [3.05, 3.63) is 18.0 Å². The molecule has 0 aromatic carbocycles. The summed E-state index contributed by atoms with van der Waals surface area (Å²) in [5, 5.41) is 6.36. The van der Waals surface area contributed by atoms with Crippen molar-refractivity contribution in [2.75, 3.05) is 18.0 Å². The number of hydrogen-bond donors (Lipinski definition) is 2. The number of carbonyl (C=O) groups is 1. The Hall–Kier alpha value is -1.69. The Morgan fingerprint density at radius 2 is 2.05 bits per heavy atom. The number of amides is 1. The van der Waals surface area contributed by atoms with Crippen molar-refractivity contribution in [2.45, 2.75) is 52.2 Å². The Bertz CT molecular complexity index is 480. The molecule has 1 atom stereocenters. The van der Waals surface area contributed by atoms with E-state index in [-0.39, 0.29) is 17.5 Å². The fourth-order valence-corrected chi connectivity index (χ4v) is 2.32. The lowest BCUT2D eigenvalue weighted by Crippen LogP contribution is -2.36. The molecule has 2 heterocycles. The summed E-state index contributed by atoms with van der Waals surface area (Å²) in [4.78, 5) is 22.1. The number of carbonyl (C=O) groups excluding carboxylic acids is 1. The summed E-state index contributed by atoms with van der Waals surface area (Å²) >= 11 is 0. The van der Waals surface area contributed by atoms with Gasteiger partial charge in [-0.25, -0.2) is 9.97 Å². The normalized spacial score (nSPS) is 18.9. The van der Waals surface area contributed by atoms with Gasteiger partial charge in [0.1, 0.15) is 0 Å². The zero-order chi connectivity index (χ0) is 15.5. The summed E-state index contributed by atoms with van der Waals surface area (Å²) in [6, 6.07) is 0.202. The van der Waals surface area contributed by atoms with Crippen LogP contribution in [-0.2, 0) is 11.3 Å². The average Bonchev–Trinajstić information content (AvgIpc) is 2.84. The third kappa shape index (κ3) is 4.97. The van der Waals surface area contributed by atoms with E-state index in [2.05, 4.69) is 46.3 Å². The highest BCUT2D eigenvalue weighted by atomic mass is 16.1. The maximum Gasteiger partial charge on any atom is 0.225 e. The van der Waals surface area contributed by atoms with Crippen LogP contribution in [0.4, 0.5) is 5.95 Å². The van der Waals surface area contributed by atoms with Crippen molar-refractivity contribution in [2.24, 2.45) is 0 Å². The second-order valence-electron chi connectivity index (χ2n) is 6.63. The van der Waals surface area contributed by atoms with E-state index in [0.29, 0.717) is 0 Å². The SMILES string of the molecule is CC(=O)NC1CCN(c2ncc(CNC(C)(C)C)cn2)C1. The van der Waals surface area contributed by atoms with Crippen molar-refractivity contribution < 1.29 is 4.79 Å². The number of hydrogen-bond acceptors (Lipinski definition) is 5. The van der Waals surface area contributed by atoms with E-state index in [1.165, 1.54) is 0 Å². The first-order chi connectivity index (χ1) is 9.83. The van der Waals surface area contributed by atoms with Crippen molar-refractivity contribution >= 4 is 11.9 Å². The van der Waals surface area contributed by atoms with Crippen LogP contribution < -0.4 is 15.5 Å². The molecular formula is C15H25N5O. The summed E-state index contributed by atoms with van der Waals surface area (Å²) in [6.45, 7) is 10.4. The Morgan fingerprint density at radius 3 is 2.62 bits per heavy atom. The van der Waals surface area contributed by atoms with Gasteiger partial charge in [-0.2, -0.15) is 0 Å². The van der Waals surface area contributed by atoms with Crippen molar-refractivity contribution in [1.29, 1.82) is 0 Å². The first-order valence-corrected chi connectivity index (χ1v) is 7.41. The molecule has 1 aromatic heterocycles. The quantitative estimate of drug-likeness (QED) is 0.868. The predicted octanol–water partition coefficient (Wildman–Crippen LogP) is 1.08. The van der Waals surface area contributed by atoms with Crippen molar-refractivity contribution in [3.63, 3.8) is 0 Å². The van der Waals surface area contributed by atoms with Gasteiger partial charge in [0.15, 0.2) is 0 Å². The van der Waals surface area contributed by atoms with E-state index in [4.69, 9.17) is 0 Å². The van der Waals surface area contributed by atoms with Gasteiger partial charge in [0.25, 0.3) is 0 Å². The van der Waals surface area contributed by atoms with Crippen LogP contribution in [0.2, 0.25) is 0 Å². The van der Waals surface area contributed by atoms with Crippen molar-refractivity contribution in [1.82, 2.24) is 20.6 Å². The molecule has 21 heavy (non-hydrogen) atoms. The number of aromatic nitrogens is 2. The molecule has 6 heteroatoms. The van der Waals surface area contributed by atoms with Crippen LogP contribution in [0.15, 0.2) is 12.4 Å². The molecule has 1 aliphatic rings. The first kappa shape index (κ1) is 15.7. The topological polar surface area (TPSA) is 70.2 Å². The molecule has 0 saturated carbocycles. The highest BCUT2D eigenvalue weighted by molar-refractivity contribution is 5.73. The predicted molar refractivity (Wildman–Crippen MR) is 83.1 cm³/mol. The van der Waals surface area contributed by atoms with Crippen LogP contribution in [0.25, 0.3) is 0 Å². The monoisotopic (exact) mass is 291 g/mol. The van der Waals surface area contributed by atoms with E-state index >= 15 is 0 Å². The molecule has 2 N–H and O–H groups in total. The zero-order valence-corrected chi connectivity index (χ0v) is 13.3.